The first kappa shape index (κ1) is 28.8. The molecule has 1 aliphatic heterocycles. The lowest BCUT2D eigenvalue weighted by atomic mass is 9.63. The van der Waals surface area contributed by atoms with E-state index in [9.17, 15) is 9.59 Å². The number of amides is 2. The van der Waals surface area contributed by atoms with Crippen molar-refractivity contribution >= 4 is 35.0 Å². The maximum atomic E-state index is 13.6. The SMILES string of the molecule is CC.CN(C)C(=O)c1ccc(OCCC2CC23CCN(C(=O)C2(c4ccccc4Cl)CCC2)CC3)cc1Cl. The maximum absolute atomic E-state index is 13.6. The molecule has 1 spiro atoms. The van der Waals surface area contributed by atoms with E-state index in [1.807, 2.05) is 44.2 Å². The van der Waals surface area contributed by atoms with Crippen molar-refractivity contribution in [2.45, 2.75) is 64.2 Å². The number of halogens is 2. The highest BCUT2D eigenvalue weighted by molar-refractivity contribution is 6.34. The second kappa shape index (κ2) is 11.9. The quantitative estimate of drug-likeness (QED) is 0.359. The van der Waals surface area contributed by atoms with Gasteiger partial charge in [0.15, 0.2) is 0 Å². The van der Waals surface area contributed by atoms with Crippen molar-refractivity contribution in [3.8, 4) is 5.75 Å². The number of carbonyl (C=O) groups is 2. The number of ether oxygens (including phenoxy) is 1. The molecule has 0 radical (unpaired) electrons. The molecule has 7 heteroatoms. The van der Waals surface area contributed by atoms with E-state index in [1.54, 1.807) is 26.2 Å². The summed E-state index contributed by atoms with van der Waals surface area (Å²) >= 11 is 12.8. The smallest absolute Gasteiger partial charge is 0.254 e. The zero-order chi connectivity index (χ0) is 27.5. The summed E-state index contributed by atoms with van der Waals surface area (Å²) in [5.41, 5.74) is 1.42. The van der Waals surface area contributed by atoms with Crippen LogP contribution in [0.3, 0.4) is 0 Å². The van der Waals surface area contributed by atoms with Crippen LogP contribution in [0.2, 0.25) is 10.0 Å². The molecule has 38 heavy (non-hydrogen) atoms. The molecule has 2 amide bonds. The third-order valence-corrected chi connectivity index (χ3v) is 9.37. The predicted octanol–water partition coefficient (Wildman–Crippen LogP) is 7.24. The van der Waals surface area contributed by atoms with E-state index in [-0.39, 0.29) is 11.8 Å². The third-order valence-electron chi connectivity index (χ3n) is 8.72. The second-order valence-electron chi connectivity index (χ2n) is 10.9. The Morgan fingerprint density at radius 2 is 1.68 bits per heavy atom. The number of benzene rings is 2. The van der Waals surface area contributed by atoms with Gasteiger partial charge in [0, 0.05) is 32.2 Å². The average Bonchev–Trinajstić information content (AvgIpc) is 3.56. The number of nitrogens with zero attached hydrogens (tertiary/aromatic N) is 2. The monoisotopic (exact) mass is 558 g/mol. The number of likely N-dealkylation sites (tertiary alicyclic amines) is 1. The molecule has 3 aliphatic rings. The lowest BCUT2D eigenvalue weighted by Crippen LogP contribution is -2.53. The number of hydrogen-bond acceptors (Lipinski definition) is 3. The fourth-order valence-corrected chi connectivity index (χ4v) is 6.78. The van der Waals surface area contributed by atoms with Gasteiger partial charge in [0.1, 0.15) is 5.75 Å². The van der Waals surface area contributed by atoms with E-state index in [0.29, 0.717) is 39.3 Å². The summed E-state index contributed by atoms with van der Waals surface area (Å²) in [5.74, 6) is 1.48. The van der Waals surface area contributed by atoms with Crippen LogP contribution in [0.4, 0.5) is 0 Å². The molecule has 0 N–H and O–H groups in total. The molecule has 1 unspecified atom stereocenters. The Labute approximate surface area is 237 Å². The molecule has 1 saturated heterocycles. The summed E-state index contributed by atoms with van der Waals surface area (Å²) < 4.78 is 5.97. The molecule has 2 aromatic rings. The van der Waals surface area contributed by atoms with Crippen LogP contribution in [-0.4, -0.2) is 55.4 Å². The molecule has 0 aromatic heterocycles. The Morgan fingerprint density at radius 3 is 2.26 bits per heavy atom. The fraction of sp³-hybridized carbons (Fsp3) is 0.548. The van der Waals surface area contributed by atoms with Crippen molar-refractivity contribution in [1.29, 1.82) is 0 Å². The summed E-state index contributed by atoms with van der Waals surface area (Å²) in [6, 6.07) is 13.1. The minimum Gasteiger partial charge on any atom is -0.494 e. The Balaban J connectivity index is 0.00000164. The lowest BCUT2D eigenvalue weighted by Gasteiger charge is -2.46. The molecular formula is C31H40Cl2N2O3. The highest BCUT2D eigenvalue weighted by Crippen LogP contribution is 2.61. The Hall–Kier alpha value is -2.24. The number of hydrogen-bond donors (Lipinski definition) is 0. The average molecular weight is 560 g/mol. The van der Waals surface area contributed by atoms with Gasteiger partial charge in [-0.15, -0.1) is 0 Å². The van der Waals surface area contributed by atoms with Gasteiger partial charge < -0.3 is 14.5 Å². The minimum atomic E-state index is -0.423. The standard InChI is InChI=1S/C29H34Cl2N2O3.C2H6/c1-32(2)26(34)22-9-8-21(18-25(22)31)36-17-10-20-19-28(20)13-15-33(16-14-28)27(35)29(11-5-12-29)23-6-3-4-7-24(23)30;1-2/h3-4,6-9,18,20H,5,10-17,19H2,1-2H3;1-2H3. The zero-order valence-electron chi connectivity index (χ0n) is 23.1. The van der Waals surface area contributed by atoms with Crippen LogP contribution in [0.5, 0.6) is 5.75 Å². The molecule has 5 rings (SSSR count). The molecule has 5 nitrogen and oxygen atoms in total. The van der Waals surface area contributed by atoms with Gasteiger partial charge in [-0.05, 0) is 79.7 Å². The first-order valence-corrected chi connectivity index (χ1v) is 14.7. The van der Waals surface area contributed by atoms with Crippen molar-refractivity contribution < 1.29 is 14.3 Å². The predicted molar refractivity (Wildman–Crippen MR) is 154 cm³/mol. The molecule has 2 aliphatic carbocycles. The van der Waals surface area contributed by atoms with Crippen LogP contribution in [0.25, 0.3) is 0 Å². The molecule has 206 valence electrons. The van der Waals surface area contributed by atoms with Gasteiger partial charge in [0.2, 0.25) is 5.91 Å². The Bertz CT molecular complexity index is 1150. The van der Waals surface area contributed by atoms with E-state index in [4.69, 9.17) is 27.9 Å². The first-order valence-electron chi connectivity index (χ1n) is 13.9. The van der Waals surface area contributed by atoms with Gasteiger partial charge in [-0.2, -0.15) is 0 Å². The Kier molecular flexibility index (Phi) is 8.99. The lowest BCUT2D eigenvalue weighted by molar-refractivity contribution is -0.142. The van der Waals surface area contributed by atoms with Crippen LogP contribution in [0.15, 0.2) is 42.5 Å². The highest BCUT2D eigenvalue weighted by atomic mass is 35.5. The molecule has 1 heterocycles. The number of rotatable bonds is 7. The molecule has 3 fully saturated rings. The van der Waals surface area contributed by atoms with E-state index in [1.165, 1.54) is 11.3 Å². The molecule has 0 bridgehead atoms. The van der Waals surface area contributed by atoms with E-state index >= 15 is 0 Å². The van der Waals surface area contributed by atoms with Crippen molar-refractivity contribution in [3.63, 3.8) is 0 Å². The van der Waals surface area contributed by atoms with Crippen LogP contribution in [-0.2, 0) is 10.2 Å². The summed E-state index contributed by atoms with van der Waals surface area (Å²) in [4.78, 5) is 29.4. The molecule has 2 saturated carbocycles. The number of carbonyl (C=O) groups excluding carboxylic acids is 2. The topological polar surface area (TPSA) is 49.9 Å². The Morgan fingerprint density at radius 1 is 1.00 bits per heavy atom. The minimum absolute atomic E-state index is 0.119. The van der Waals surface area contributed by atoms with Gasteiger partial charge in [-0.3, -0.25) is 9.59 Å². The van der Waals surface area contributed by atoms with Crippen molar-refractivity contribution in [3.05, 3.63) is 63.6 Å². The fourth-order valence-electron chi connectivity index (χ4n) is 6.21. The highest BCUT2D eigenvalue weighted by Gasteiger charge is 2.56. The normalized spacial score (nSPS) is 20.6. The molecule has 2 aromatic carbocycles. The number of piperidine rings is 1. The first-order chi connectivity index (χ1) is 18.3. The van der Waals surface area contributed by atoms with Crippen molar-refractivity contribution in [2.75, 3.05) is 33.8 Å². The summed E-state index contributed by atoms with van der Waals surface area (Å²) in [5, 5.41) is 1.12. The van der Waals surface area contributed by atoms with Crippen LogP contribution in [0.1, 0.15) is 74.7 Å². The van der Waals surface area contributed by atoms with Gasteiger partial charge in [0.25, 0.3) is 5.91 Å². The zero-order valence-corrected chi connectivity index (χ0v) is 24.6. The largest absolute Gasteiger partial charge is 0.494 e. The third kappa shape index (κ3) is 5.56. The van der Waals surface area contributed by atoms with Crippen LogP contribution < -0.4 is 4.74 Å². The van der Waals surface area contributed by atoms with Crippen molar-refractivity contribution in [2.24, 2.45) is 11.3 Å². The van der Waals surface area contributed by atoms with Crippen molar-refractivity contribution in [1.82, 2.24) is 9.80 Å². The molecule has 1 atom stereocenters. The van der Waals surface area contributed by atoms with E-state index < -0.39 is 5.41 Å². The summed E-state index contributed by atoms with van der Waals surface area (Å²) in [7, 11) is 3.42. The van der Waals surface area contributed by atoms with E-state index in [2.05, 4.69) is 4.90 Å². The second-order valence-corrected chi connectivity index (χ2v) is 11.8. The summed E-state index contributed by atoms with van der Waals surface area (Å²) in [6.07, 6.45) is 7.20. The molecular weight excluding hydrogens is 519 g/mol. The van der Waals surface area contributed by atoms with Crippen LogP contribution in [0, 0.1) is 11.3 Å². The van der Waals surface area contributed by atoms with Gasteiger partial charge in [-0.1, -0.05) is 61.7 Å². The van der Waals surface area contributed by atoms with Gasteiger partial charge >= 0.3 is 0 Å². The van der Waals surface area contributed by atoms with E-state index in [0.717, 1.165) is 57.2 Å². The van der Waals surface area contributed by atoms with Gasteiger partial charge in [0.05, 0.1) is 22.6 Å². The van der Waals surface area contributed by atoms with Crippen LogP contribution >= 0.6 is 23.2 Å². The maximum Gasteiger partial charge on any atom is 0.254 e. The van der Waals surface area contributed by atoms with Gasteiger partial charge in [-0.25, -0.2) is 0 Å². The summed E-state index contributed by atoms with van der Waals surface area (Å²) in [6.45, 7) is 6.29.